The molecule has 0 rings (SSSR count). The van der Waals surface area contributed by atoms with Crippen molar-refractivity contribution >= 4 is 36.4 Å². The number of rotatable bonds is 1. The Morgan fingerprint density at radius 1 is 2.00 bits per heavy atom. The molecule has 0 amide bonds. The molecule has 0 spiro atoms. The summed E-state index contributed by atoms with van der Waals surface area (Å²) in [5, 5.41) is 0. The van der Waals surface area contributed by atoms with E-state index in [4.69, 9.17) is 0 Å². The number of halogens is 1. The summed E-state index contributed by atoms with van der Waals surface area (Å²) in [7, 11) is 1.03. The second-order valence-corrected chi connectivity index (χ2v) is 2.01. The van der Waals surface area contributed by atoms with Gasteiger partial charge in [0.1, 0.15) is 9.21 Å². The Kier molecular flexibility index (Phi) is 4.07. The highest BCUT2D eigenvalue weighted by molar-refractivity contribution is 14.2. The molecule has 0 saturated carbocycles. The van der Waals surface area contributed by atoms with E-state index < -0.39 is 0 Å². The smallest absolute Gasteiger partial charge is 0.315 e. The van der Waals surface area contributed by atoms with Gasteiger partial charge in [0.2, 0.25) is 0 Å². The molecule has 0 aliphatic carbocycles. The Balaban J connectivity index is 2.83. The van der Waals surface area contributed by atoms with Gasteiger partial charge in [-0.05, 0) is 0 Å². The Hall–Kier alpha value is 0.550. The lowest BCUT2D eigenvalue weighted by molar-refractivity contribution is -0.130. The van der Waals surface area contributed by atoms with E-state index >= 15 is 0 Å². The quantitative estimate of drug-likeness (QED) is 0.493. The van der Waals surface area contributed by atoms with E-state index in [2.05, 4.69) is 4.18 Å². The number of carbonyl (C=O) groups is 1. The molecule has 0 fully saturated rings. The minimum absolute atomic E-state index is 0.255. The largest absolute Gasteiger partial charge is 0.380 e. The van der Waals surface area contributed by atoms with Gasteiger partial charge in [-0.25, -0.2) is 0 Å². The van der Waals surface area contributed by atoms with Gasteiger partial charge < -0.3 is 4.18 Å². The molecule has 0 heterocycles. The standard InChI is InChI=1S/C2H3IO2S/c1-2(4)5-6-3/h1H3. The van der Waals surface area contributed by atoms with Crippen LogP contribution in [-0.2, 0) is 8.98 Å². The summed E-state index contributed by atoms with van der Waals surface area (Å²) in [4.78, 5) is 9.80. The average Bonchev–Trinajstić information content (AvgIpc) is 1.35. The van der Waals surface area contributed by atoms with Gasteiger partial charge in [-0.1, -0.05) is 0 Å². The maximum Gasteiger partial charge on any atom is 0.315 e. The topological polar surface area (TPSA) is 26.3 Å². The first-order valence-electron chi connectivity index (χ1n) is 1.23. The summed E-state index contributed by atoms with van der Waals surface area (Å²) in [5.41, 5.74) is 0. The zero-order valence-electron chi connectivity index (χ0n) is 3.10. The van der Waals surface area contributed by atoms with Crippen molar-refractivity contribution in [3.8, 4) is 0 Å². The summed E-state index contributed by atoms with van der Waals surface area (Å²) >= 11 is 1.88. The van der Waals surface area contributed by atoms with E-state index in [1.165, 1.54) is 6.92 Å². The van der Waals surface area contributed by atoms with E-state index in [1.54, 1.807) is 0 Å². The lowest BCUT2D eigenvalue weighted by atomic mass is 10.9. The Morgan fingerprint density at radius 2 is 2.50 bits per heavy atom. The van der Waals surface area contributed by atoms with Crippen molar-refractivity contribution in [2.45, 2.75) is 6.92 Å². The summed E-state index contributed by atoms with van der Waals surface area (Å²) in [6.07, 6.45) is 0. The van der Waals surface area contributed by atoms with Crippen LogP contribution in [0.2, 0.25) is 0 Å². The maximum atomic E-state index is 9.80. The molecule has 0 aliphatic rings. The van der Waals surface area contributed by atoms with Gasteiger partial charge in [-0.15, -0.1) is 0 Å². The molecule has 4 heteroatoms. The Labute approximate surface area is 52.4 Å². The van der Waals surface area contributed by atoms with Gasteiger partial charge in [-0.2, -0.15) is 0 Å². The van der Waals surface area contributed by atoms with E-state index in [1.807, 2.05) is 21.2 Å². The van der Waals surface area contributed by atoms with Crippen molar-refractivity contribution < 1.29 is 8.98 Å². The molecule has 0 aliphatic heterocycles. The molecule has 0 atom stereocenters. The fourth-order valence-electron chi connectivity index (χ4n) is 0.0444. The molecule has 0 N–H and O–H groups in total. The minimum atomic E-state index is -0.255. The molecule has 0 aromatic rings. The predicted molar refractivity (Wildman–Crippen MR) is 33.4 cm³/mol. The summed E-state index contributed by atoms with van der Waals surface area (Å²) in [6, 6.07) is 0. The first kappa shape index (κ1) is 6.55. The van der Waals surface area contributed by atoms with Crippen molar-refractivity contribution in [1.82, 2.24) is 0 Å². The van der Waals surface area contributed by atoms with Crippen LogP contribution in [0.1, 0.15) is 6.92 Å². The van der Waals surface area contributed by atoms with Crippen LogP contribution in [-0.4, -0.2) is 5.97 Å². The SMILES string of the molecule is CC(=O)OSI. The van der Waals surface area contributed by atoms with E-state index in [0.29, 0.717) is 0 Å². The normalized spacial score (nSPS) is 7.67. The van der Waals surface area contributed by atoms with E-state index in [-0.39, 0.29) is 5.97 Å². The molecular formula is C2H3IO2S. The van der Waals surface area contributed by atoms with Crippen molar-refractivity contribution in [3.63, 3.8) is 0 Å². The third-order valence-corrected chi connectivity index (χ3v) is 0.986. The van der Waals surface area contributed by atoms with Gasteiger partial charge >= 0.3 is 5.97 Å². The molecule has 0 radical (unpaired) electrons. The molecule has 0 unspecified atom stereocenters. The fourth-order valence-corrected chi connectivity index (χ4v) is 0.893. The molecule has 0 aromatic heterocycles. The van der Waals surface area contributed by atoms with Crippen LogP contribution in [0.4, 0.5) is 0 Å². The Morgan fingerprint density at radius 3 is 2.50 bits per heavy atom. The van der Waals surface area contributed by atoms with Gasteiger partial charge in [-0.3, -0.25) is 4.79 Å². The number of hydrogen-bond acceptors (Lipinski definition) is 3. The molecule has 0 bridgehead atoms. The van der Waals surface area contributed by atoms with Crippen LogP contribution in [0.5, 0.6) is 0 Å². The summed E-state index contributed by atoms with van der Waals surface area (Å²) in [6.45, 7) is 1.37. The van der Waals surface area contributed by atoms with Crippen molar-refractivity contribution in [2.24, 2.45) is 0 Å². The highest BCUT2D eigenvalue weighted by Gasteiger charge is 1.85. The zero-order valence-corrected chi connectivity index (χ0v) is 6.08. The van der Waals surface area contributed by atoms with E-state index in [0.717, 1.165) is 9.21 Å². The highest BCUT2D eigenvalue weighted by Crippen LogP contribution is 2.11. The van der Waals surface area contributed by atoms with Crippen LogP contribution in [0.3, 0.4) is 0 Å². The molecule has 6 heavy (non-hydrogen) atoms. The van der Waals surface area contributed by atoms with Gasteiger partial charge in [0.15, 0.2) is 0 Å². The van der Waals surface area contributed by atoms with Crippen LogP contribution in [0, 0.1) is 0 Å². The van der Waals surface area contributed by atoms with Crippen molar-refractivity contribution in [1.29, 1.82) is 0 Å². The second-order valence-electron chi connectivity index (χ2n) is 0.638. The second kappa shape index (κ2) is 3.73. The third-order valence-electron chi connectivity index (χ3n) is 0.149. The lowest BCUT2D eigenvalue weighted by Crippen LogP contribution is -1.84. The average molecular weight is 218 g/mol. The van der Waals surface area contributed by atoms with Gasteiger partial charge in [0.25, 0.3) is 0 Å². The van der Waals surface area contributed by atoms with Crippen LogP contribution in [0.15, 0.2) is 0 Å². The maximum absolute atomic E-state index is 9.80. The Bertz CT molecular complexity index is 55.5. The van der Waals surface area contributed by atoms with Crippen LogP contribution < -0.4 is 0 Å². The minimum Gasteiger partial charge on any atom is -0.380 e. The first-order valence-corrected chi connectivity index (χ1v) is 4.51. The monoisotopic (exact) mass is 218 g/mol. The molecule has 0 saturated heterocycles. The van der Waals surface area contributed by atoms with Gasteiger partial charge in [0.05, 0.1) is 0 Å². The number of carbonyl (C=O) groups excluding carboxylic acids is 1. The lowest BCUT2D eigenvalue weighted by Gasteiger charge is -1.84. The molecule has 36 valence electrons. The number of hydrogen-bond donors (Lipinski definition) is 0. The highest BCUT2D eigenvalue weighted by atomic mass is 127. The molecule has 0 aromatic carbocycles. The fraction of sp³-hybridized carbons (Fsp3) is 0.500. The third kappa shape index (κ3) is 4.55. The van der Waals surface area contributed by atoms with Crippen molar-refractivity contribution in [3.05, 3.63) is 0 Å². The van der Waals surface area contributed by atoms with Crippen LogP contribution in [0.25, 0.3) is 0 Å². The first-order chi connectivity index (χ1) is 2.77. The molecule has 2 nitrogen and oxygen atoms in total. The van der Waals surface area contributed by atoms with Crippen molar-refractivity contribution in [2.75, 3.05) is 0 Å². The van der Waals surface area contributed by atoms with Crippen LogP contribution >= 0.6 is 30.4 Å². The van der Waals surface area contributed by atoms with Gasteiger partial charge in [0, 0.05) is 28.1 Å². The molecular weight excluding hydrogens is 215 g/mol. The predicted octanol–water partition coefficient (Wildman–Crippen LogP) is 1.55. The zero-order chi connectivity index (χ0) is 4.99. The van der Waals surface area contributed by atoms with E-state index in [9.17, 15) is 4.79 Å². The summed E-state index contributed by atoms with van der Waals surface area (Å²) < 4.78 is 4.31. The summed E-state index contributed by atoms with van der Waals surface area (Å²) in [5.74, 6) is -0.255.